The van der Waals surface area contributed by atoms with Crippen LogP contribution in [0.1, 0.15) is 0 Å². The van der Waals surface area contributed by atoms with Crippen LogP contribution in [0.5, 0.6) is 0 Å². The molecule has 0 spiro atoms. The van der Waals surface area contributed by atoms with Crippen LogP contribution in [0.15, 0.2) is 116 Å². The summed E-state index contributed by atoms with van der Waals surface area (Å²) in [5.41, 5.74) is 6.14. The van der Waals surface area contributed by atoms with E-state index >= 15 is 0 Å². The summed E-state index contributed by atoms with van der Waals surface area (Å²) < 4.78 is 0. The van der Waals surface area contributed by atoms with Crippen LogP contribution in [-0.4, -0.2) is 15.0 Å². The zero-order valence-electron chi connectivity index (χ0n) is 19.3. The zero-order chi connectivity index (χ0) is 23.6. The molecule has 0 N–H and O–H groups in total. The van der Waals surface area contributed by atoms with Crippen LogP contribution in [0, 0.1) is 0 Å². The van der Waals surface area contributed by atoms with Crippen LogP contribution in [0.25, 0.3) is 76.5 Å². The van der Waals surface area contributed by atoms with Crippen molar-refractivity contribution in [2.45, 2.75) is 0 Å². The maximum Gasteiger partial charge on any atom is 0.0971 e. The average molecular weight is 458 g/mol. The molecule has 5 aromatic carbocycles. The first kappa shape index (κ1) is 19.4. The second-order valence-electron chi connectivity index (χ2n) is 9.30. The Morgan fingerprint density at radius 3 is 2.00 bits per heavy atom. The fourth-order valence-corrected chi connectivity index (χ4v) is 5.69. The van der Waals surface area contributed by atoms with Crippen LogP contribution in [0.3, 0.4) is 0 Å². The zero-order valence-corrected chi connectivity index (χ0v) is 19.3. The van der Waals surface area contributed by atoms with Crippen molar-refractivity contribution in [1.82, 2.24) is 15.0 Å². The van der Waals surface area contributed by atoms with Gasteiger partial charge >= 0.3 is 0 Å². The van der Waals surface area contributed by atoms with E-state index in [4.69, 9.17) is 4.98 Å². The molecule has 8 rings (SSSR count). The number of hydrogen-bond donors (Lipinski definition) is 0. The van der Waals surface area contributed by atoms with Gasteiger partial charge in [-0.2, -0.15) is 0 Å². The lowest BCUT2D eigenvalue weighted by Gasteiger charge is -2.14. The topological polar surface area (TPSA) is 38.7 Å². The van der Waals surface area contributed by atoms with E-state index in [0.717, 1.165) is 38.6 Å². The first-order valence-electron chi connectivity index (χ1n) is 12.1. The second-order valence-corrected chi connectivity index (χ2v) is 9.30. The third kappa shape index (κ3) is 2.71. The van der Waals surface area contributed by atoms with Gasteiger partial charge in [-0.3, -0.25) is 15.0 Å². The molecule has 3 heteroatoms. The lowest BCUT2D eigenvalue weighted by atomic mass is 9.90. The molecule has 0 aliphatic rings. The Bertz CT molecular complexity index is 2080. The molecule has 0 aliphatic heterocycles. The lowest BCUT2D eigenvalue weighted by molar-refractivity contribution is 1.33. The van der Waals surface area contributed by atoms with E-state index < -0.39 is 0 Å². The Balaban J connectivity index is 1.32. The third-order valence-electron chi connectivity index (χ3n) is 7.34. The Hall–Kier alpha value is -4.89. The van der Waals surface area contributed by atoms with Crippen molar-refractivity contribution in [3.05, 3.63) is 116 Å². The summed E-state index contributed by atoms with van der Waals surface area (Å²) in [7, 11) is 0. The van der Waals surface area contributed by atoms with Gasteiger partial charge in [0.25, 0.3) is 0 Å². The Morgan fingerprint density at radius 2 is 1.17 bits per heavy atom. The van der Waals surface area contributed by atoms with Crippen LogP contribution in [0.2, 0.25) is 0 Å². The van der Waals surface area contributed by atoms with Gasteiger partial charge in [0.1, 0.15) is 0 Å². The van der Waals surface area contributed by atoms with Crippen molar-refractivity contribution in [1.29, 1.82) is 0 Å². The summed E-state index contributed by atoms with van der Waals surface area (Å²) in [5, 5.41) is 9.88. The van der Waals surface area contributed by atoms with Gasteiger partial charge in [-0.25, -0.2) is 0 Å². The number of benzene rings is 5. The first-order chi connectivity index (χ1) is 17.8. The monoisotopic (exact) mass is 457 g/mol. The minimum absolute atomic E-state index is 0.906. The van der Waals surface area contributed by atoms with E-state index in [0.29, 0.717) is 0 Å². The number of fused-ring (bicyclic) bond motifs is 3. The first-order valence-corrected chi connectivity index (χ1v) is 12.1. The van der Waals surface area contributed by atoms with E-state index in [1.807, 2.05) is 30.7 Å². The SMILES string of the molecule is c1cnc2c(c1)cc(-c1ccc(-c3ccc4ccc5cccc6ccc3c4c56)cn1)c1cccnc12. The largest absolute Gasteiger partial charge is 0.256 e. The molecule has 36 heavy (non-hydrogen) atoms. The standard InChI is InChI=1S/C33H19N3/c1-4-20-8-9-22-10-13-25(26-14-11-21(5-1)30(20)31(22)26)24-12-15-29(36-19-24)28-18-23-6-2-16-34-32(23)33-27(28)7-3-17-35-33/h1-19H. The predicted octanol–water partition coefficient (Wildman–Crippen LogP) is 8.41. The highest BCUT2D eigenvalue weighted by Gasteiger charge is 2.14. The Morgan fingerprint density at radius 1 is 0.444 bits per heavy atom. The van der Waals surface area contributed by atoms with Crippen LogP contribution < -0.4 is 0 Å². The number of hydrogen-bond acceptors (Lipinski definition) is 3. The number of rotatable bonds is 2. The maximum atomic E-state index is 4.94. The highest BCUT2D eigenvalue weighted by Crippen LogP contribution is 2.39. The molecule has 3 aromatic heterocycles. The van der Waals surface area contributed by atoms with Crippen molar-refractivity contribution in [2.75, 3.05) is 0 Å². The minimum Gasteiger partial charge on any atom is -0.256 e. The summed E-state index contributed by atoms with van der Waals surface area (Å²) >= 11 is 0. The van der Waals surface area contributed by atoms with Crippen LogP contribution in [-0.2, 0) is 0 Å². The smallest absolute Gasteiger partial charge is 0.0971 e. The Kier molecular flexibility index (Phi) is 3.94. The number of pyridine rings is 3. The maximum absolute atomic E-state index is 4.94. The second kappa shape index (κ2) is 7.30. The van der Waals surface area contributed by atoms with E-state index in [1.165, 1.54) is 37.9 Å². The highest BCUT2D eigenvalue weighted by molar-refractivity contribution is 6.25. The van der Waals surface area contributed by atoms with Gasteiger partial charge < -0.3 is 0 Å². The lowest BCUT2D eigenvalue weighted by Crippen LogP contribution is -1.91. The van der Waals surface area contributed by atoms with E-state index in [2.05, 4.69) is 94.9 Å². The van der Waals surface area contributed by atoms with Gasteiger partial charge in [-0.1, -0.05) is 72.8 Å². The summed E-state index contributed by atoms with van der Waals surface area (Å²) in [6, 6.07) is 34.5. The van der Waals surface area contributed by atoms with E-state index in [9.17, 15) is 0 Å². The van der Waals surface area contributed by atoms with Crippen molar-refractivity contribution >= 4 is 54.1 Å². The molecule has 0 aliphatic carbocycles. The van der Waals surface area contributed by atoms with Gasteiger partial charge in [0.2, 0.25) is 0 Å². The van der Waals surface area contributed by atoms with Gasteiger partial charge in [-0.15, -0.1) is 0 Å². The van der Waals surface area contributed by atoms with Gasteiger partial charge in [-0.05, 0) is 62.1 Å². The molecule has 3 heterocycles. The van der Waals surface area contributed by atoms with Gasteiger partial charge in [0, 0.05) is 40.5 Å². The van der Waals surface area contributed by atoms with E-state index in [1.54, 1.807) is 0 Å². The van der Waals surface area contributed by atoms with Crippen molar-refractivity contribution in [3.8, 4) is 22.4 Å². The quantitative estimate of drug-likeness (QED) is 0.245. The van der Waals surface area contributed by atoms with Gasteiger partial charge in [0.15, 0.2) is 0 Å². The molecule has 0 radical (unpaired) electrons. The summed E-state index contributed by atoms with van der Waals surface area (Å²) in [4.78, 5) is 14.2. The summed E-state index contributed by atoms with van der Waals surface area (Å²) in [6.45, 7) is 0. The highest BCUT2D eigenvalue weighted by atomic mass is 14.7. The fraction of sp³-hybridized carbons (Fsp3) is 0. The molecule has 3 nitrogen and oxygen atoms in total. The Labute approximate surface area is 207 Å². The molecular formula is C33H19N3. The number of nitrogens with zero attached hydrogens (tertiary/aromatic N) is 3. The number of aromatic nitrogens is 3. The summed E-state index contributed by atoms with van der Waals surface area (Å²) in [6.07, 6.45) is 5.64. The molecule has 166 valence electrons. The molecule has 8 aromatic rings. The van der Waals surface area contributed by atoms with Crippen LogP contribution >= 0.6 is 0 Å². The molecule has 0 fully saturated rings. The third-order valence-corrected chi connectivity index (χ3v) is 7.34. The predicted molar refractivity (Wildman–Crippen MR) is 149 cm³/mol. The molecule has 0 saturated heterocycles. The molecule has 0 bridgehead atoms. The van der Waals surface area contributed by atoms with Crippen molar-refractivity contribution in [2.24, 2.45) is 0 Å². The van der Waals surface area contributed by atoms with E-state index in [-0.39, 0.29) is 0 Å². The molecule has 0 atom stereocenters. The minimum atomic E-state index is 0.906. The summed E-state index contributed by atoms with van der Waals surface area (Å²) in [5.74, 6) is 0. The van der Waals surface area contributed by atoms with Gasteiger partial charge in [0.05, 0.1) is 16.7 Å². The van der Waals surface area contributed by atoms with Crippen LogP contribution in [0.4, 0.5) is 0 Å². The average Bonchev–Trinajstić information content (AvgIpc) is 2.95. The molecule has 0 amide bonds. The normalized spacial score (nSPS) is 11.9. The molecular weight excluding hydrogens is 438 g/mol. The van der Waals surface area contributed by atoms with Crippen molar-refractivity contribution in [3.63, 3.8) is 0 Å². The van der Waals surface area contributed by atoms with Crippen molar-refractivity contribution < 1.29 is 0 Å². The fourth-order valence-electron chi connectivity index (χ4n) is 5.69. The molecule has 0 unspecified atom stereocenters. The molecule has 0 saturated carbocycles.